The van der Waals surface area contributed by atoms with E-state index in [0.717, 1.165) is 10.8 Å². The summed E-state index contributed by atoms with van der Waals surface area (Å²) in [5.74, 6) is 1.19. The zero-order valence-electron chi connectivity index (χ0n) is 14.6. The van der Waals surface area contributed by atoms with Gasteiger partial charge in [-0.25, -0.2) is 9.97 Å². The van der Waals surface area contributed by atoms with Gasteiger partial charge in [-0.2, -0.15) is 0 Å². The molecule has 1 N–H and O–H groups in total. The van der Waals surface area contributed by atoms with Gasteiger partial charge in [0, 0.05) is 12.4 Å². The van der Waals surface area contributed by atoms with Crippen LogP contribution in [-0.2, 0) is 5.75 Å². The van der Waals surface area contributed by atoms with E-state index in [1.807, 2.05) is 24.4 Å². The number of aromatic nitrogens is 4. The van der Waals surface area contributed by atoms with Crippen LogP contribution in [0.3, 0.4) is 0 Å². The van der Waals surface area contributed by atoms with Crippen LogP contribution >= 0.6 is 11.8 Å². The van der Waals surface area contributed by atoms with Crippen LogP contribution in [0.5, 0.6) is 0 Å². The second kappa shape index (κ2) is 6.80. The Bertz CT molecular complexity index is 1150. The zero-order chi connectivity index (χ0) is 18.1. The van der Waals surface area contributed by atoms with Gasteiger partial charge in [-0.3, -0.25) is 9.36 Å². The topological polar surface area (TPSA) is 63.6 Å². The van der Waals surface area contributed by atoms with Gasteiger partial charge in [-0.1, -0.05) is 41.6 Å². The summed E-state index contributed by atoms with van der Waals surface area (Å²) in [5.41, 5.74) is 4.14. The van der Waals surface area contributed by atoms with E-state index < -0.39 is 0 Å². The van der Waals surface area contributed by atoms with Gasteiger partial charge in [0.25, 0.3) is 5.56 Å². The van der Waals surface area contributed by atoms with Crippen molar-refractivity contribution in [1.82, 2.24) is 19.5 Å². The first-order valence-corrected chi connectivity index (χ1v) is 9.32. The lowest BCUT2D eigenvalue weighted by atomic mass is 10.1. The van der Waals surface area contributed by atoms with E-state index >= 15 is 0 Å². The van der Waals surface area contributed by atoms with Crippen LogP contribution in [0.2, 0.25) is 0 Å². The maximum absolute atomic E-state index is 12.2. The minimum Gasteiger partial charge on any atom is -0.309 e. The van der Waals surface area contributed by atoms with E-state index in [9.17, 15) is 4.79 Å². The molecule has 0 fully saturated rings. The minimum atomic E-state index is -0.107. The van der Waals surface area contributed by atoms with E-state index in [0.29, 0.717) is 22.5 Å². The molecular weight excluding hydrogens is 344 g/mol. The molecule has 0 spiro atoms. The summed E-state index contributed by atoms with van der Waals surface area (Å²) < 4.78 is 2.07. The monoisotopic (exact) mass is 362 g/mol. The minimum absolute atomic E-state index is 0.107. The fraction of sp³-hybridized carbons (Fsp3) is 0.150. The molecule has 4 rings (SSSR count). The predicted octanol–water partition coefficient (Wildman–Crippen LogP) is 4.02. The van der Waals surface area contributed by atoms with E-state index in [2.05, 4.69) is 51.6 Å². The highest BCUT2D eigenvalue weighted by atomic mass is 32.2. The van der Waals surface area contributed by atoms with Crippen molar-refractivity contribution in [3.05, 3.63) is 82.2 Å². The van der Waals surface area contributed by atoms with Gasteiger partial charge in [0.2, 0.25) is 0 Å². The Balaban J connectivity index is 1.62. The molecule has 0 aliphatic carbocycles. The molecule has 0 amide bonds. The molecule has 2 heterocycles. The van der Waals surface area contributed by atoms with Gasteiger partial charge in [-0.15, -0.1) is 0 Å². The summed E-state index contributed by atoms with van der Waals surface area (Å²) in [6.07, 6.45) is 3.74. The fourth-order valence-corrected chi connectivity index (χ4v) is 3.83. The molecule has 0 saturated heterocycles. The van der Waals surface area contributed by atoms with Gasteiger partial charge in [0.05, 0.1) is 22.3 Å². The van der Waals surface area contributed by atoms with Crippen molar-refractivity contribution in [2.45, 2.75) is 24.8 Å². The summed E-state index contributed by atoms with van der Waals surface area (Å²) >= 11 is 1.55. The Morgan fingerprint density at radius 1 is 1.15 bits per heavy atom. The first kappa shape index (κ1) is 16.6. The fourth-order valence-electron chi connectivity index (χ4n) is 2.99. The number of aryl methyl sites for hydroxylation is 2. The quantitative estimate of drug-likeness (QED) is 0.557. The third-order valence-electron chi connectivity index (χ3n) is 4.22. The van der Waals surface area contributed by atoms with E-state index in [4.69, 9.17) is 0 Å². The van der Waals surface area contributed by atoms with Gasteiger partial charge in [-0.05, 0) is 37.6 Å². The highest BCUT2D eigenvalue weighted by Crippen LogP contribution is 2.25. The molecule has 2 aromatic carbocycles. The first-order valence-electron chi connectivity index (χ1n) is 8.33. The number of imidazole rings is 1. The summed E-state index contributed by atoms with van der Waals surface area (Å²) in [4.78, 5) is 24.1. The number of nitrogens with zero attached hydrogens (tertiary/aromatic N) is 3. The van der Waals surface area contributed by atoms with Gasteiger partial charge in [0.1, 0.15) is 5.82 Å². The summed E-state index contributed by atoms with van der Waals surface area (Å²) in [6.45, 7) is 4.18. The molecule has 0 bridgehead atoms. The van der Waals surface area contributed by atoms with Crippen LogP contribution in [0.25, 0.3) is 16.6 Å². The van der Waals surface area contributed by atoms with Crippen molar-refractivity contribution in [1.29, 1.82) is 0 Å². The van der Waals surface area contributed by atoms with Gasteiger partial charge >= 0.3 is 0 Å². The lowest BCUT2D eigenvalue weighted by Crippen LogP contribution is -2.11. The molecule has 0 saturated carbocycles. The molecule has 0 radical (unpaired) electrons. The SMILES string of the molecule is Cc1ccc(-n2ccnc2SCc2nc3ccccc3c(=O)[nH]2)c(C)c1. The van der Waals surface area contributed by atoms with Gasteiger partial charge in [0.15, 0.2) is 5.16 Å². The smallest absolute Gasteiger partial charge is 0.258 e. The Labute approximate surface area is 155 Å². The van der Waals surface area contributed by atoms with Crippen molar-refractivity contribution < 1.29 is 0 Å². The zero-order valence-corrected chi connectivity index (χ0v) is 15.4. The Morgan fingerprint density at radius 2 is 2.00 bits per heavy atom. The van der Waals surface area contributed by atoms with Gasteiger partial charge < -0.3 is 4.98 Å². The molecule has 0 unspecified atom stereocenters. The number of aromatic amines is 1. The third kappa shape index (κ3) is 3.15. The molecule has 5 nitrogen and oxygen atoms in total. The number of benzene rings is 2. The number of fused-ring (bicyclic) bond motifs is 1. The lowest BCUT2D eigenvalue weighted by Gasteiger charge is -2.11. The largest absolute Gasteiger partial charge is 0.309 e. The van der Waals surface area contributed by atoms with Crippen LogP contribution in [-0.4, -0.2) is 19.5 Å². The lowest BCUT2D eigenvalue weighted by molar-refractivity contribution is 0.884. The van der Waals surface area contributed by atoms with Crippen molar-refractivity contribution >= 4 is 22.7 Å². The standard InChI is InChI=1S/C20H18N4OS/c1-13-7-8-17(14(2)11-13)24-10-9-21-20(24)26-12-18-22-16-6-4-3-5-15(16)19(25)23-18/h3-11H,12H2,1-2H3,(H,22,23,25). The molecule has 6 heteroatoms. The summed E-state index contributed by atoms with van der Waals surface area (Å²) in [5, 5.41) is 1.48. The highest BCUT2D eigenvalue weighted by molar-refractivity contribution is 7.98. The average molecular weight is 362 g/mol. The number of H-pyrrole nitrogens is 1. The number of rotatable bonds is 4. The molecule has 0 aliphatic heterocycles. The maximum Gasteiger partial charge on any atom is 0.258 e. The molecule has 26 heavy (non-hydrogen) atoms. The summed E-state index contributed by atoms with van der Waals surface area (Å²) in [7, 11) is 0. The molecule has 0 aliphatic rings. The second-order valence-corrected chi connectivity index (χ2v) is 7.13. The van der Waals surface area contributed by atoms with Crippen molar-refractivity contribution in [3.63, 3.8) is 0 Å². The molecule has 2 aromatic heterocycles. The van der Waals surface area contributed by atoms with Crippen LogP contribution in [0.4, 0.5) is 0 Å². The Morgan fingerprint density at radius 3 is 2.85 bits per heavy atom. The van der Waals surface area contributed by atoms with E-state index in [1.54, 1.807) is 24.0 Å². The Kier molecular flexibility index (Phi) is 4.34. The predicted molar refractivity (Wildman–Crippen MR) is 105 cm³/mol. The second-order valence-electron chi connectivity index (χ2n) is 6.19. The highest BCUT2D eigenvalue weighted by Gasteiger charge is 2.10. The number of hydrogen-bond donors (Lipinski definition) is 1. The first-order chi connectivity index (χ1) is 12.6. The van der Waals surface area contributed by atoms with Crippen molar-refractivity contribution in [2.24, 2.45) is 0 Å². The van der Waals surface area contributed by atoms with E-state index in [-0.39, 0.29) is 5.56 Å². The molecular formula is C20H18N4OS. The average Bonchev–Trinajstić information content (AvgIpc) is 3.08. The molecule has 130 valence electrons. The number of para-hydroxylation sites is 1. The number of thioether (sulfide) groups is 1. The van der Waals surface area contributed by atoms with Crippen LogP contribution < -0.4 is 5.56 Å². The molecule has 0 atom stereocenters. The Hall–Kier alpha value is -2.86. The van der Waals surface area contributed by atoms with Crippen molar-refractivity contribution in [3.8, 4) is 5.69 Å². The number of nitrogens with one attached hydrogen (secondary N) is 1. The maximum atomic E-state index is 12.2. The summed E-state index contributed by atoms with van der Waals surface area (Å²) in [6, 6.07) is 13.7. The van der Waals surface area contributed by atoms with E-state index in [1.165, 1.54) is 11.1 Å². The molecule has 4 aromatic rings. The normalized spacial score (nSPS) is 11.2. The van der Waals surface area contributed by atoms with Crippen LogP contribution in [0.1, 0.15) is 17.0 Å². The number of hydrogen-bond acceptors (Lipinski definition) is 4. The van der Waals surface area contributed by atoms with Crippen molar-refractivity contribution in [2.75, 3.05) is 0 Å². The van der Waals surface area contributed by atoms with Crippen LogP contribution in [0, 0.1) is 13.8 Å². The third-order valence-corrected chi connectivity index (χ3v) is 5.20. The van der Waals surface area contributed by atoms with Crippen LogP contribution in [0.15, 0.2) is 64.8 Å².